The number of hydrogen-bond acceptors (Lipinski definition) is 2. The van der Waals surface area contributed by atoms with E-state index >= 15 is 0 Å². The summed E-state index contributed by atoms with van der Waals surface area (Å²) in [5.74, 6) is 1.33. The van der Waals surface area contributed by atoms with E-state index < -0.39 is 0 Å². The van der Waals surface area contributed by atoms with Crippen molar-refractivity contribution >= 4 is 29.9 Å². The van der Waals surface area contributed by atoms with Gasteiger partial charge in [-0.15, -0.1) is 24.0 Å². The molecule has 0 aliphatic heterocycles. The predicted octanol–water partition coefficient (Wildman–Crippen LogP) is 2.76. The quantitative estimate of drug-likeness (QED) is 0.284. The maximum absolute atomic E-state index is 5.79. The van der Waals surface area contributed by atoms with Crippen LogP contribution in [-0.4, -0.2) is 32.3 Å². The molecule has 0 saturated heterocycles. The Bertz CT molecular complexity index is 210. The first-order chi connectivity index (χ1) is 8.06. The molecule has 0 aliphatic rings. The van der Waals surface area contributed by atoms with Gasteiger partial charge in [-0.2, -0.15) is 0 Å². The van der Waals surface area contributed by atoms with Gasteiger partial charge in [-0.05, 0) is 25.7 Å². The summed E-state index contributed by atoms with van der Waals surface area (Å²) in [4.78, 5) is 4.25. The van der Waals surface area contributed by atoms with Crippen molar-refractivity contribution in [1.82, 2.24) is 5.32 Å². The Hall–Kier alpha value is -0.0400. The first-order valence-electron chi connectivity index (χ1n) is 6.61. The normalized spacial score (nSPS) is 13.3. The number of nitrogens with two attached hydrogens (primary N) is 1. The zero-order valence-corrected chi connectivity index (χ0v) is 14.6. The smallest absolute Gasteiger partial charge is 0.188 e. The fourth-order valence-corrected chi connectivity index (χ4v) is 1.61. The Labute approximate surface area is 129 Å². The molecule has 0 spiro atoms. The minimum Gasteiger partial charge on any atom is -0.385 e. The van der Waals surface area contributed by atoms with E-state index in [0.717, 1.165) is 31.9 Å². The van der Waals surface area contributed by atoms with E-state index in [1.807, 2.05) is 0 Å². The van der Waals surface area contributed by atoms with Gasteiger partial charge in [0, 0.05) is 26.3 Å². The summed E-state index contributed by atoms with van der Waals surface area (Å²) in [6, 6.07) is 0.403. The number of halogens is 1. The first kappa shape index (κ1) is 20.3. The molecule has 0 saturated carbocycles. The summed E-state index contributed by atoms with van der Waals surface area (Å²) in [6.45, 7) is 8.12. The Morgan fingerprint density at radius 3 is 2.44 bits per heavy atom. The maximum Gasteiger partial charge on any atom is 0.188 e. The molecule has 110 valence electrons. The lowest BCUT2D eigenvalue weighted by Crippen LogP contribution is -2.38. The molecule has 0 aromatic heterocycles. The fraction of sp³-hybridized carbons (Fsp3) is 0.923. The Kier molecular flexibility index (Phi) is 15.1. The van der Waals surface area contributed by atoms with E-state index in [9.17, 15) is 0 Å². The Morgan fingerprint density at radius 2 is 1.89 bits per heavy atom. The van der Waals surface area contributed by atoms with E-state index in [2.05, 4.69) is 31.1 Å². The van der Waals surface area contributed by atoms with Gasteiger partial charge in [-0.3, -0.25) is 4.99 Å². The lowest BCUT2D eigenvalue weighted by Gasteiger charge is -2.15. The van der Waals surface area contributed by atoms with Gasteiger partial charge in [0.25, 0.3) is 0 Å². The van der Waals surface area contributed by atoms with Gasteiger partial charge < -0.3 is 15.8 Å². The van der Waals surface area contributed by atoms with Crippen molar-refractivity contribution in [3.8, 4) is 0 Å². The molecule has 5 heteroatoms. The zero-order valence-electron chi connectivity index (χ0n) is 12.2. The highest BCUT2D eigenvalue weighted by Crippen LogP contribution is 2.07. The van der Waals surface area contributed by atoms with Gasteiger partial charge in [0.2, 0.25) is 0 Å². The van der Waals surface area contributed by atoms with Crippen molar-refractivity contribution in [2.75, 3.05) is 20.3 Å². The van der Waals surface area contributed by atoms with Crippen LogP contribution in [0.2, 0.25) is 0 Å². The molecule has 0 heterocycles. The molecule has 18 heavy (non-hydrogen) atoms. The standard InChI is InChI=1S/C13H29N3O.HI/c1-11(2)7-5-8-12(3)16-13(14)15-9-6-10-17-4;/h11-12H,5-10H2,1-4H3,(H3,14,15,16);1H. The third-order valence-corrected chi connectivity index (χ3v) is 2.60. The molecule has 0 rings (SSSR count). The molecule has 4 nitrogen and oxygen atoms in total. The van der Waals surface area contributed by atoms with Crippen molar-refractivity contribution < 1.29 is 4.74 Å². The largest absolute Gasteiger partial charge is 0.385 e. The van der Waals surface area contributed by atoms with Gasteiger partial charge >= 0.3 is 0 Å². The molecule has 0 radical (unpaired) electrons. The number of methoxy groups -OCH3 is 1. The van der Waals surface area contributed by atoms with Crippen LogP contribution in [-0.2, 0) is 4.74 Å². The highest BCUT2D eigenvalue weighted by Gasteiger charge is 2.03. The average Bonchev–Trinajstić information content (AvgIpc) is 2.23. The molecular weight excluding hydrogens is 341 g/mol. The van der Waals surface area contributed by atoms with Crippen molar-refractivity contribution in [2.24, 2.45) is 16.6 Å². The number of nitrogens with zero attached hydrogens (tertiary/aromatic N) is 1. The highest BCUT2D eigenvalue weighted by molar-refractivity contribution is 14.0. The van der Waals surface area contributed by atoms with Gasteiger partial charge in [-0.25, -0.2) is 0 Å². The third-order valence-electron chi connectivity index (χ3n) is 2.60. The van der Waals surface area contributed by atoms with Gasteiger partial charge in [0.05, 0.1) is 0 Å². The number of aliphatic imine (C=N–C) groups is 1. The SMILES string of the molecule is COCCCN=C(N)NC(C)CCCC(C)C.I. The lowest BCUT2D eigenvalue weighted by atomic mass is 10.0. The topological polar surface area (TPSA) is 59.6 Å². The summed E-state index contributed by atoms with van der Waals surface area (Å²) in [5.41, 5.74) is 5.79. The van der Waals surface area contributed by atoms with Gasteiger partial charge in [0.15, 0.2) is 5.96 Å². The van der Waals surface area contributed by atoms with Crippen LogP contribution >= 0.6 is 24.0 Å². The van der Waals surface area contributed by atoms with Crippen molar-refractivity contribution in [3.63, 3.8) is 0 Å². The molecule has 1 atom stereocenters. The third kappa shape index (κ3) is 14.0. The molecule has 0 amide bonds. The molecule has 0 aromatic rings. The average molecular weight is 371 g/mol. The fourth-order valence-electron chi connectivity index (χ4n) is 1.61. The monoisotopic (exact) mass is 371 g/mol. The summed E-state index contributed by atoms with van der Waals surface area (Å²) >= 11 is 0. The molecular formula is C13H30IN3O. The van der Waals surface area contributed by atoms with E-state index in [-0.39, 0.29) is 24.0 Å². The minimum absolute atomic E-state index is 0. The van der Waals surface area contributed by atoms with Crippen molar-refractivity contribution in [3.05, 3.63) is 0 Å². The Balaban J connectivity index is 0. The van der Waals surface area contributed by atoms with E-state index in [1.54, 1.807) is 7.11 Å². The summed E-state index contributed by atoms with van der Waals surface area (Å²) in [7, 11) is 1.70. The summed E-state index contributed by atoms with van der Waals surface area (Å²) in [6.07, 6.45) is 4.58. The second kappa shape index (κ2) is 13.4. The number of ether oxygens (including phenoxy) is 1. The second-order valence-electron chi connectivity index (χ2n) is 4.98. The maximum atomic E-state index is 5.79. The number of nitrogens with one attached hydrogen (secondary N) is 1. The van der Waals surface area contributed by atoms with Crippen LogP contribution in [0.3, 0.4) is 0 Å². The van der Waals surface area contributed by atoms with E-state index in [4.69, 9.17) is 10.5 Å². The number of rotatable bonds is 9. The molecule has 3 N–H and O–H groups in total. The van der Waals surface area contributed by atoms with Crippen LogP contribution in [0, 0.1) is 5.92 Å². The van der Waals surface area contributed by atoms with Crippen molar-refractivity contribution in [1.29, 1.82) is 0 Å². The Morgan fingerprint density at radius 1 is 1.22 bits per heavy atom. The molecule has 0 fully saturated rings. The molecule has 0 aliphatic carbocycles. The first-order valence-corrected chi connectivity index (χ1v) is 6.61. The zero-order chi connectivity index (χ0) is 13.1. The van der Waals surface area contributed by atoms with Crippen LogP contribution in [0.4, 0.5) is 0 Å². The molecule has 1 unspecified atom stereocenters. The molecule has 0 aromatic carbocycles. The number of guanidine groups is 1. The minimum atomic E-state index is 0. The highest BCUT2D eigenvalue weighted by atomic mass is 127. The summed E-state index contributed by atoms with van der Waals surface area (Å²) in [5, 5.41) is 3.22. The number of hydrogen-bond donors (Lipinski definition) is 2. The van der Waals surface area contributed by atoms with Crippen LogP contribution in [0.1, 0.15) is 46.5 Å². The molecule has 0 bridgehead atoms. The van der Waals surface area contributed by atoms with Crippen LogP contribution in [0.5, 0.6) is 0 Å². The van der Waals surface area contributed by atoms with E-state index in [0.29, 0.717) is 12.0 Å². The second-order valence-corrected chi connectivity index (χ2v) is 4.98. The van der Waals surface area contributed by atoms with Gasteiger partial charge in [0.1, 0.15) is 0 Å². The van der Waals surface area contributed by atoms with Crippen LogP contribution < -0.4 is 11.1 Å². The predicted molar refractivity (Wildman–Crippen MR) is 89.7 cm³/mol. The van der Waals surface area contributed by atoms with Gasteiger partial charge in [-0.1, -0.05) is 26.7 Å². The van der Waals surface area contributed by atoms with E-state index in [1.165, 1.54) is 12.8 Å². The van der Waals surface area contributed by atoms with Crippen LogP contribution in [0.15, 0.2) is 4.99 Å². The lowest BCUT2D eigenvalue weighted by molar-refractivity contribution is 0.197. The van der Waals surface area contributed by atoms with Crippen molar-refractivity contribution in [2.45, 2.75) is 52.5 Å². The van der Waals surface area contributed by atoms with Crippen LogP contribution in [0.25, 0.3) is 0 Å². The summed E-state index contributed by atoms with van der Waals surface area (Å²) < 4.78 is 4.95.